The number of carbonyl (C=O) groups excluding carboxylic acids is 2. The predicted octanol–water partition coefficient (Wildman–Crippen LogP) is 4.49. The third-order valence-corrected chi connectivity index (χ3v) is 4.45. The summed E-state index contributed by atoms with van der Waals surface area (Å²) in [4.78, 5) is 25.3. The lowest BCUT2D eigenvalue weighted by molar-refractivity contribution is -0.137. The molecule has 1 unspecified atom stereocenters. The Balaban J connectivity index is 1.72. The first-order valence-electron chi connectivity index (χ1n) is 9.19. The van der Waals surface area contributed by atoms with Gasteiger partial charge in [-0.25, -0.2) is 0 Å². The van der Waals surface area contributed by atoms with Gasteiger partial charge in [0.05, 0.1) is 5.56 Å². The molecule has 0 saturated heterocycles. The van der Waals surface area contributed by atoms with E-state index in [4.69, 9.17) is 0 Å². The fourth-order valence-electron chi connectivity index (χ4n) is 2.85. The zero-order valence-corrected chi connectivity index (χ0v) is 15.8. The van der Waals surface area contributed by atoms with Crippen molar-refractivity contribution in [3.05, 3.63) is 107 Å². The van der Waals surface area contributed by atoms with Crippen LogP contribution in [0, 0.1) is 0 Å². The molecule has 0 aliphatic carbocycles. The molecule has 0 radical (unpaired) electrons. The van der Waals surface area contributed by atoms with Crippen LogP contribution in [0.15, 0.2) is 84.9 Å². The molecule has 0 saturated carbocycles. The molecule has 2 N–H and O–H groups in total. The van der Waals surface area contributed by atoms with E-state index in [1.54, 1.807) is 60.7 Å². The number of hydrogen-bond donors (Lipinski definition) is 2. The molecule has 30 heavy (non-hydrogen) atoms. The summed E-state index contributed by atoms with van der Waals surface area (Å²) in [6.45, 7) is 0.0293. The molecule has 0 aliphatic rings. The average Bonchev–Trinajstić information content (AvgIpc) is 2.76. The van der Waals surface area contributed by atoms with Crippen LogP contribution in [0.5, 0.6) is 0 Å². The second-order valence-corrected chi connectivity index (χ2v) is 6.60. The zero-order chi connectivity index (χ0) is 21.6. The van der Waals surface area contributed by atoms with Gasteiger partial charge < -0.3 is 10.6 Å². The van der Waals surface area contributed by atoms with Crippen LogP contribution in [-0.4, -0.2) is 11.8 Å². The molecule has 2 amide bonds. The van der Waals surface area contributed by atoms with Gasteiger partial charge in [0, 0.05) is 12.1 Å². The third kappa shape index (κ3) is 5.47. The highest BCUT2D eigenvalue weighted by Crippen LogP contribution is 2.29. The van der Waals surface area contributed by atoms with Gasteiger partial charge in [0.1, 0.15) is 6.04 Å². The maximum atomic E-state index is 12.8. The van der Waals surface area contributed by atoms with Gasteiger partial charge in [0.25, 0.3) is 5.91 Å². The van der Waals surface area contributed by atoms with E-state index in [1.807, 2.05) is 0 Å². The van der Waals surface area contributed by atoms with Gasteiger partial charge in [-0.15, -0.1) is 0 Å². The highest BCUT2D eigenvalue weighted by atomic mass is 19.4. The lowest BCUT2D eigenvalue weighted by Gasteiger charge is -2.19. The van der Waals surface area contributed by atoms with Crippen LogP contribution < -0.4 is 10.6 Å². The Morgan fingerprint density at radius 2 is 1.37 bits per heavy atom. The molecule has 154 valence electrons. The maximum absolute atomic E-state index is 12.8. The summed E-state index contributed by atoms with van der Waals surface area (Å²) in [6, 6.07) is 20.8. The summed E-state index contributed by atoms with van der Waals surface area (Å²) in [5, 5.41) is 5.39. The van der Waals surface area contributed by atoms with Gasteiger partial charge in [0.15, 0.2) is 0 Å². The van der Waals surface area contributed by atoms with E-state index in [2.05, 4.69) is 10.6 Å². The highest BCUT2D eigenvalue weighted by molar-refractivity contribution is 5.97. The lowest BCUT2D eigenvalue weighted by atomic mass is 10.0. The van der Waals surface area contributed by atoms with Gasteiger partial charge in [-0.2, -0.15) is 13.2 Å². The van der Waals surface area contributed by atoms with E-state index in [0.717, 1.165) is 12.1 Å². The molecule has 0 aliphatic heterocycles. The summed E-state index contributed by atoms with van der Waals surface area (Å²) < 4.78 is 38.0. The molecular formula is C23H19F3N2O2. The van der Waals surface area contributed by atoms with Gasteiger partial charge in [0.2, 0.25) is 5.91 Å². The van der Waals surface area contributed by atoms with Gasteiger partial charge in [-0.05, 0) is 35.4 Å². The Labute approximate surface area is 171 Å². The van der Waals surface area contributed by atoms with E-state index in [-0.39, 0.29) is 6.54 Å². The van der Waals surface area contributed by atoms with Crippen molar-refractivity contribution in [3.63, 3.8) is 0 Å². The van der Waals surface area contributed by atoms with Gasteiger partial charge in [-0.1, -0.05) is 60.7 Å². The number of nitrogens with one attached hydrogen (secondary N) is 2. The SMILES string of the molecule is O=C(NC(C(=O)NCc1ccc(C(F)(F)F)cc1)c1ccccc1)c1ccccc1. The van der Waals surface area contributed by atoms with Crippen molar-refractivity contribution in [1.82, 2.24) is 10.6 Å². The van der Waals surface area contributed by atoms with E-state index < -0.39 is 29.6 Å². The molecule has 0 spiro atoms. The molecule has 7 heteroatoms. The quantitative estimate of drug-likeness (QED) is 0.627. The van der Waals surface area contributed by atoms with Crippen LogP contribution in [0.3, 0.4) is 0 Å². The van der Waals surface area contributed by atoms with Crippen molar-refractivity contribution in [2.75, 3.05) is 0 Å². The molecule has 1 atom stereocenters. The first-order valence-corrected chi connectivity index (χ1v) is 9.19. The molecule has 0 heterocycles. The molecule has 0 aromatic heterocycles. The van der Waals surface area contributed by atoms with Crippen LogP contribution in [0.2, 0.25) is 0 Å². The number of rotatable bonds is 6. The van der Waals surface area contributed by atoms with Crippen molar-refractivity contribution in [2.45, 2.75) is 18.8 Å². The number of carbonyl (C=O) groups is 2. The molecular weight excluding hydrogens is 393 g/mol. The number of benzene rings is 3. The van der Waals surface area contributed by atoms with Crippen LogP contribution >= 0.6 is 0 Å². The van der Waals surface area contributed by atoms with Crippen molar-refractivity contribution in [1.29, 1.82) is 0 Å². The zero-order valence-electron chi connectivity index (χ0n) is 15.8. The molecule has 3 aromatic rings. The summed E-state index contributed by atoms with van der Waals surface area (Å²) in [5.41, 5.74) is 0.757. The number of alkyl halides is 3. The van der Waals surface area contributed by atoms with E-state index >= 15 is 0 Å². The van der Waals surface area contributed by atoms with Crippen molar-refractivity contribution >= 4 is 11.8 Å². The summed E-state index contributed by atoms with van der Waals surface area (Å²) in [6.07, 6.45) is -4.41. The smallest absolute Gasteiger partial charge is 0.350 e. The first kappa shape index (κ1) is 21.1. The monoisotopic (exact) mass is 412 g/mol. The molecule has 3 aromatic carbocycles. The minimum atomic E-state index is -4.41. The fourth-order valence-corrected chi connectivity index (χ4v) is 2.85. The highest BCUT2D eigenvalue weighted by Gasteiger charge is 2.30. The van der Waals surface area contributed by atoms with Crippen molar-refractivity contribution in [3.8, 4) is 0 Å². The van der Waals surface area contributed by atoms with E-state index in [9.17, 15) is 22.8 Å². The lowest BCUT2D eigenvalue weighted by Crippen LogP contribution is -2.40. The predicted molar refractivity (Wildman–Crippen MR) is 106 cm³/mol. The standard InChI is InChI=1S/C23H19F3N2O2/c24-23(25,26)19-13-11-16(12-14-19)15-27-22(30)20(17-7-3-1-4-8-17)28-21(29)18-9-5-2-6-10-18/h1-14,20H,15H2,(H,27,30)(H,28,29). The molecule has 4 nitrogen and oxygen atoms in total. The van der Waals surface area contributed by atoms with E-state index in [1.165, 1.54) is 12.1 Å². The fraction of sp³-hybridized carbons (Fsp3) is 0.130. The Kier molecular flexibility index (Phi) is 6.51. The normalized spacial score (nSPS) is 12.1. The van der Waals surface area contributed by atoms with Crippen LogP contribution in [0.4, 0.5) is 13.2 Å². The van der Waals surface area contributed by atoms with Crippen molar-refractivity contribution < 1.29 is 22.8 Å². The summed E-state index contributed by atoms with van der Waals surface area (Å²) in [5.74, 6) is -0.875. The Morgan fingerprint density at radius 1 is 0.800 bits per heavy atom. The van der Waals surface area contributed by atoms with Crippen LogP contribution in [0.25, 0.3) is 0 Å². The van der Waals surface area contributed by atoms with Crippen LogP contribution in [0.1, 0.15) is 33.1 Å². The van der Waals surface area contributed by atoms with E-state index in [0.29, 0.717) is 16.7 Å². The Bertz CT molecular complexity index is 988. The topological polar surface area (TPSA) is 58.2 Å². The number of halogens is 3. The Morgan fingerprint density at radius 3 is 1.93 bits per heavy atom. The average molecular weight is 412 g/mol. The third-order valence-electron chi connectivity index (χ3n) is 4.45. The van der Waals surface area contributed by atoms with Crippen molar-refractivity contribution in [2.24, 2.45) is 0 Å². The summed E-state index contributed by atoms with van der Waals surface area (Å²) in [7, 11) is 0. The molecule has 3 rings (SSSR count). The first-order chi connectivity index (χ1) is 14.3. The Hall–Kier alpha value is -3.61. The second kappa shape index (κ2) is 9.26. The summed E-state index contributed by atoms with van der Waals surface area (Å²) >= 11 is 0. The number of hydrogen-bond acceptors (Lipinski definition) is 2. The minimum Gasteiger partial charge on any atom is -0.350 e. The van der Waals surface area contributed by atoms with Gasteiger partial charge in [-0.3, -0.25) is 9.59 Å². The minimum absolute atomic E-state index is 0.0293. The van der Waals surface area contributed by atoms with Crippen LogP contribution in [-0.2, 0) is 17.5 Å². The maximum Gasteiger partial charge on any atom is 0.416 e. The molecule has 0 bridgehead atoms. The molecule has 0 fully saturated rings. The largest absolute Gasteiger partial charge is 0.416 e. The van der Waals surface area contributed by atoms with Gasteiger partial charge >= 0.3 is 6.18 Å². The number of amides is 2. The second-order valence-electron chi connectivity index (χ2n) is 6.60.